The Hall–Kier alpha value is -3.99. The Balaban J connectivity index is 1.40. The fourth-order valence-corrected chi connectivity index (χ4v) is 5.22. The lowest BCUT2D eigenvalue weighted by Gasteiger charge is -2.24. The van der Waals surface area contributed by atoms with Crippen LogP contribution in [0.15, 0.2) is 48.8 Å². The van der Waals surface area contributed by atoms with Crippen LogP contribution in [0.2, 0.25) is 0 Å². The van der Waals surface area contributed by atoms with Crippen molar-refractivity contribution < 1.29 is 14.4 Å². The average Bonchev–Trinajstić information content (AvgIpc) is 3.49. The number of fused-ring (bicyclic) bond motifs is 1. The van der Waals surface area contributed by atoms with Crippen LogP contribution >= 0.6 is 15.9 Å². The van der Waals surface area contributed by atoms with Gasteiger partial charge in [-0.15, -0.1) is 0 Å². The zero-order valence-electron chi connectivity index (χ0n) is 21.9. The van der Waals surface area contributed by atoms with Gasteiger partial charge in [0.25, 0.3) is 0 Å². The van der Waals surface area contributed by atoms with Gasteiger partial charge in [-0.05, 0) is 49.1 Å². The van der Waals surface area contributed by atoms with Crippen LogP contribution in [0.3, 0.4) is 0 Å². The maximum Gasteiger partial charge on any atom is 0.248 e. The Kier molecular flexibility index (Phi) is 7.51. The fourth-order valence-electron chi connectivity index (χ4n) is 4.90. The lowest BCUT2D eigenvalue weighted by atomic mass is 10.0. The first kappa shape index (κ1) is 26.6. The molecule has 1 aliphatic rings. The first-order chi connectivity index (χ1) is 18.7. The third kappa shape index (κ3) is 5.58. The molecule has 4 heterocycles. The van der Waals surface area contributed by atoms with E-state index in [1.807, 2.05) is 44.2 Å². The molecule has 39 heavy (non-hydrogen) atoms. The van der Waals surface area contributed by atoms with Crippen molar-refractivity contribution in [2.75, 3.05) is 11.9 Å². The van der Waals surface area contributed by atoms with Crippen LogP contribution in [0.4, 0.5) is 5.82 Å². The van der Waals surface area contributed by atoms with E-state index in [1.165, 1.54) is 6.92 Å². The van der Waals surface area contributed by atoms with Gasteiger partial charge in [-0.2, -0.15) is 5.10 Å². The van der Waals surface area contributed by atoms with Gasteiger partial charge in [0, 0.05) is 42.1 Å². The van der Waals surface area contributed by atoms with Gasteiger partial charge in [0.1, 0.15) is 29.9 Å². The average molecular weight is 590 g/mol. The fraction of sp³-hybridized carbons (Fsp3) is 0.321. The Bertz CT molecular complexity index is 1570. The summed E-state index contributed by atoms with van der Waals surface area (Å²) in [5.74, 6) is 0.566. The zero-order chi connectivity index (χ0) is 27.7. The third-order valence-corrected chi connectivity index (χ3v) is 7.39. The molecule has 200 valence electrons. The van der Waals surface area contributed by atoms with Crippen molar-refractivity contribution in [3.05, 3.63) is 66.0 Å². The number of nitrogens with zero attached hydrogens (tertiary/aromatic N) is 6. The standard InChI is InChI=1S/C28H28BrN7O3/c1-16-9-24(28(39)33-25-6-4-5-21(11-29)32-25)35(14-16)26(38)15-36-23-8-7-19(20-12-30-18(3)31-13-20)10-22(23)27(34-36)17(2)37/h4-8,10,12-13,16,24H,9,11,14-15H2,1-3H3,(H,32,33,39)/t16-,24-/m0/s1. The smallest absolute Gasteiger partial charge is 0.248 e. The lowest BCUT2D eigenvalue weighted by Crippen LogP contribution is -2.44. The van der Waals surface area contributed by atoms with Crippen molar-refractivity contribution >= 4 is 50.2 Å². The molecule has 1 saturated heterocycles. The summed E-state index contributed by atoms with van der Waals surface area (Å²) in [5.41, 5.74) is 3.41. The van der Waals surface area contributed by atoms with Gasteiger partial charge in [-0.3, -0.25) is 19.1 Å². The van der Waals surface area contributed by atoms with Gasteiger partial charge in [0.2, 0.25) is 11.8 Å². The van der Waals surface area contributed by atoms with E-state index in [-0.39, 0.29) is 35.8 Å². The molecule has 4 aromatic rings. The molecule has 11 heteroatoms. The van der Waals surface area contributed by atoms with Gasteiger partial charge >= 0.3 is 0 Å². The van der Waals surface area contributed by atoms with E-state index in [2.05, 4.69) is 41.3 Å². The number of aromatic nitrogens is 5. The van der Waals surface area contributed by atoms with Crippen molar-refractivity contribution in [1.82, 2.24) is 29.6 Å². The Morgan fingerprint density at radius 1 is 1.10 bits per heavy atom. The Morgan fingerprint density at radius 3 is 2.59 bits per heavy atom. The monoisotopic (exact) mass is 589 g/mol. The first-order valence-corrected chi connectivity index (χ1v) is 13.8. The molecule has 2 atom stereocenters. The highest BCUT2D eigenvalue weighted by Crippen LogP contribution is 2.28. The van der Waals surface area contributed by atoms with Gasteiger partial charge in [0.15, 0.2) is 5.78 Å². The first-order valence-electron chi connectivity index (χ1n) is 12.7. The second-order valence-corrected chi connectivity index (χ2v) is 10.4. The van der Waals surface area contributed by atoms with E-state index in [1.54, 1.807) is 28.0 Å². The van der Waals surface area contributed by atoms with Crippen LogP contribution in [-0.2, 0) is 21.5 Å². The maximum atomic E-state index is 13.5. The molecule has 1 aliphatic heterocycles. The van der Waals surface area contributed by atoms with E-state index in [0.29, 0.717) is 40.8 Å². The summed E-state index contributed by atoms with van der Waals surface area (Å²) in [4.78, 5) is 53.7. The number of carbonyl (C=O) groups is 3. The number of likely N-dealkylation sites (tertiary alicyclic amines) is 1. The molecular formula is C28H28BrN7O3. The number of carbonyl (C=O) groups excluding carboxylic acids is 3. The number of benzene rings is 1. The number of ketones is 1. The largest absolute Gasteiger partial charge is 0.329 e. The second kappa shape index (κ2) is 11.0. The minimum Gasteiger partial charge on any atom is -0.329 e. The number of pyridine rings is 1. The molecule has 2 amide bonds. The number of alkyl halides is 1. The number of rotatable bonds is 7. The molecule has 1 aromatic carbocycles. The molecule has 0 bridgehead atoms. The van der Waals surface area contributed by atoms with Crippen LogP contribution < -0.4 is 5.32 Å². The predicted octanol–water partition coefficient (Wildman–Crippen LogP) is 4.17. The molecule has 0 unspecified atom stereocenters. The van der Waals surface area contributed by atoms with Gasteiger partial charge in [0.05, 0.1) is 11.2 Å². The molecule has 0 saturated carbocycles. The normalized spacial score (nSPS) is 17.0. The minimum absolute atomic E-state index is 0.0927. The topological polar surface area (TPSA) is 123 Å². The number of hydrogen-bond donors (Lipinski definition) is 1. The summed E-state index contributed by atoms with van der Waals surface area (Å²) in [5, 5.41) is 8.58. The number of aryl methyl sites for hydroxylation is 1. The van der Waals surface area contributed by atoms with Crippen LogP contribution in [0.5, 0.6) is 0 Å². The van der Waals surface area contributed by atoms with E-state index >= 15 is 0 Å². The molecule has 3 aromatic heterocycles. The predicted molar refractivity (Wildman–Crippen MR) is 150 cm³/mol. The van der Waals surface area contributed by atoms with E-state index in [4.69, 9.17) is 0 Å². The van der Waals surface area contributed by atoms with Gasteiger partial charge in [-0.1, -0.05) is 35.0 Å². The zero-order valence-corrected chi connectivity index (χ0v) is 23.5. The quantitative estimate of drug-likeness (QED) is 0.253. The molecule has 1 N–H and O–H groups in total. The molecule has 0 radical (unpaired) electrons. The number of amides is 2. The van der Waals surface area contributed by atoms with Gasteiger partial charge < -0.3 is 10.2 Å². The van der Waals surface area contributed by atoms with Crippen molar-refractivity contribution in [2.24, 2.45) is 5.92 Å². The highest BCUT2D eigenvalue weighted by molar-refractivity contribution is 9.08. The van der Waals surface area contributed by atoms with Crippen LogP contribution in [0.25, 0.3) is 22.0 Å². The number of halogens is 1. The number of Topliss-reactive ketones (excluding diaryl/α,β-unsaturated/α-hetero) is 1. The lowest BCUT2D eigenvalue weighted by molar-refractivity contribution is -0.137. The molecule has 5 rings (SSSR count). The summed E-state index contributed by atoms with van der Waals surface area (Å²) in [6, 6.07) is 10.4. The Labute approximate surface area is 234 Å². The van der Waals surface area contributed by atoms with Crippen molar-refractivity contribution in [3.63, 3.8) is 0 Å². The second-order valence-electron chi connectivity index (χ2n) is 9.85. The third-order valence-electron chi connectivity index (χ3n) is 6.81. The van der Waals surface area contributed by atoms with Crippen molar-refractivity contribution in [1.29, 1.82) is 0 Å². The van der Waals surface area contributed by atoms with E-state index in [0.717, 1.165) is 16.8 Å². The Morgan fingerprint density at radius 2 is 1.87 bits per heavy atom. The molecule has 10 nitrogen and oxygen atoms in total. The number of hydrogen-bond acceptors (Lipinski definition) is 7. The van der Waals surface area contributed by atoms with Gasteiger partial charge in [-0.25, -0.2) is 15.0 Å². The van der Waals surface area contributed by atoms with E-state index < -0.39 is 6.04 Å². The summed E-state index contributed by atoms with van der Waals surface area (Å²) in [6.45, 7) is 5.66. The van der Waals surface area contributed by atoms with Crippen LogP contribution in [0, 0.1) is 12.8 Å². The summed E-state index contributed by atoms with van der Waals surface area (Å²) in [7, 11) is 0. The highest BCUT2D eigenvalue weighted by Gasteiger charge is 2.38. The van der Waals surface area contributed by atoms with Crippen molar-refractivity contribution in [3.8, 4) is 11.1 Å². The molecule has 0 aliphatic carbocycles. The molecule has 1 fully saturated rings. The minimum atomic E-state index is -0.621. The SMILES string of the molecule is CC(=O)c1nn(CC(=O)N2C[C@@H](C)C[C@H]2C(=O)Nc2cccc(CBr)n2)c2ccc(-c3cnc(C)nc3)cc12. The maximum absolute atomic E-state index is 13.5. The highest BCUT2D eigenvalue weighted by atomic mass is 79.9. The van der Waals surface area contributed by atoms with E-state index in [9.17, 15) is 14.4 Å². The number of nitrogens with one attached hydrogen (secondary N) is 1. The summed E-state index contributed by atoms with van der Waals surface area (Å²) >= 11 is 3.38. The van der Waals surface area contributed by atoms with Crippen molar-refractivity contribution in [2.45, 2.75) is 45.1 Å². The summed E-state index contributed by atoms with van der Waals surface area (Å²) < 4.78 is 1.54. The molecule has 0 spiro atoms. The van der Waals surface area contributed by atoms with Crippen LogP contribution in [-0.4, -0.2) is 59.8 Å². The summed E-state index contributed by atoms with van der Waals surface area (Å²) in [6.07, 6.45) is 4.02. The number of anilines is 1. The van der Waals surface area contributed by atoms with Crippen LogP contribution in [0.1, 0.15) is 42.3 Å². The molecular weight excluding hydrogens is 562 g/mol.